The Hall–Kier alpha value is -2.57. The van der Waals surface area contributed by atoms with E-state index in [0.717, 1.165) is 10.4 Å². The van der Waals surface area contributed by atoms with Crippen molar-refractivity contribution >= 4 is 34.1 Å². The van der Waals surface area contributed by atoms with Gasteiger partial charge in [0.25, 0.3) is 0 Å². The topological polar surface area (TPSA) is 68.5 Å². The van der Waals surface area contributed by atoms with Gasteiger partial charge in [-0.05, 0) is 24.1 Å². The Morgan fingerprint density at radius 1 is 1.19 bits per heavy atom. The predicted octanol–water partition coefficient (Wildman–Crippen LogP) is 5.80. The molecule has 3 aromatic rings. The van der Waals surface area contributed by atoms with E-state index in [2.05, 4.69) is 18.8 Å². The molecule has 0 spiro atoms. The van der Waals surface area contributed by atoms with Crippen molar-refractivity contribution in [2.75, 3.05) is 4.90 Å². The van der Waals surface area contributed by atoms with E-state index in [1.165, 1.54) is 16.2 Å². The Kier molecular flexibility index (Phi) is 5.98. The van der Waals surface area contributed by atoms with Crippen LogP contribution in [0.3, 0.4) is 0 Å². The molecule has 1 heterocycles. The van der Waals surface area contributed by atoms with E-state index >= 15 is 0 Å². The first-order chi connectivity index (χ1) is 13.0. The molecular formula is C20H20ClN3O2S. The van der Waals surface area contributed by atoms with Crippen LogP contribution in [0.2, 0.25) is 5.02 Å². The van der Waals surface area contributed by atoms with Crippen LogP contribution in [-0.2, 0) is 6.54 Å². The van der Waals surface area contributed by atoms with E-state index in [1.54, 1.807) is 18.3 Å². The average Bonchev–Trinajstić information content (AvgIpc) is 3.12. The summed E-state index contributed by atoms with van der Waals surface area (Å²) in [7, 11) is 0. The molecule has 0 aliphatic carbocycles. The number of amides is 2. The van der Waals surface area contributed by atoms with Crippen LogP contribution < -0.4 is 15.4 Å². The number of benzene rings is 2. The lowest BCUT2D eigenvalue weighted by Crippen LogP contribution is -2.35. The molecule has 0 saturated carbocycles. The summed E-state index contributed by atoms with van der Waals surface area (Å²) in [5.41, 5.74) is 6.42. The summed E-state index contributed by atoms with van der Waals surface area (Å²) in [5.74, 6) is 1.49. The van der Waals surface area contributed by atoms with Gasteiger partial charge < -0.3 is 10.5 Å². The minimum absolute atomic E-state index is 0.251. The van der Waals surface area contributed by atoms with Crippen LogP contribution >= 0.6 is 22.9 Å². The molecule has 0 unspecified atom stereocenters. The van der Waals surface area contributed by atoms with Crippen LogP contribution in [0.5, 0.6) is 11.5 Å². The largest absolute Gasteiger partial charge is 0.455 e. The molecule has 0 saturated heterocycles. The Morgan fingerprint density at radius 3 is 2.48 bits per heavy atom. The smallest absolute Gasteiger partial charge is 0.321 e. The molecule has 5 nitrogen and oxygen atoms in total. The molecule has 3 rings (SSSR count). The molecule has 27 heavy (non-hydrogen) atoms. The highest BCUT2D eigenvalue weighted by Gasteiger charge is 2.20. The van der Waals surface area contributed by atoms with Crippen LogP contribution in [0.1, 0.15) is 30.2 Å². The van der Waals surface area contributed by atoms with Crippen molar-refractivity contribution in [1.29, 1.82) is 0 Å². The zero-order chi connectivity index (χ0) is 19.4. The number of thiazole rings is 1. The van der Waals surface area contributed by atoms with Gasteiger partial charge >= 0.3 is 6.03 Å². The van der Waals surface area contributed by atoms with Gasteiger partial charge in [-0.15, -0.1) is 11.3 Å². The quantitative estimate of drug-likeness (QED) is 0.567. The number of para-hydroxylation sites is 2. The van der Waals surface area contributed by atoms with E-state index in [4.69, 9.17) is 22.1 Å². The molecule has 1 aromatic heterocycles. The van der Waals surface area contributed by atoms with Crippen LogP contribution in [0.15, 0.2) is 54.7 Å². The lowest BCUT2D eigenvalue weighted by atomic mass is 10.2. The van der Waals surface area contributed by atoms with Crippen molar-refractivity contribution in [3.63, 3.8) is 0 Å². The van der Waals surface area contributed by atoms with Crippen molar-refractivity contribution in [2.45, 2.75) is 26.3 Å². The maximum absolute atomic E-state index is 12.1. The highest BCUT2D eigenvalue weighted by Crippen LogP contribution is 2.33. The van der Waals surface area contributed by atoms with Gasteiger partial charge in [-0.2, -0.15) is 0 Å². The van der Waals surface area contributed by atoms with E-state index in [1.807, 2.05) is 36.4 Å². The summed E-state index contributed by atoms with van der Waals surface area (Å²) in [6, 6.07) is 14.1. The number of urea groups is 1. The van der Waals surface area contributed by atoms with Gasteiger partial charge in [0.15, 0.2) is 5.13 Å². The molecule has 140 valence electrons. The van der Waals surface area contributed by atoms with E-state index in [9.17, 15) is 4.79 Å². The number of hydrogen-bond acceptors (Lipinski definition) is 4. The summed E-state index contributed by atoms with van der Waals surface area (Å²) < 4.78 is 5.97. The molecule has 2 aromatic carbocycles. The summed E-state index contributed by atoms with van der Waals surface area (Å²) >= 11 is 7.65. The third-order valence-corrected chi connectivity index (χ3v) is 5.57. The van der Waals surface area contributed by atoms with Crippen LogP contribution in [0.4, 0.5) is 9.93 Å². The molecule has 0 atom stereocenters. The van der Waals surface area contributed by atoms with E-state index < -0.39 is 6.03 Å². The maximum atomic E-state index is 12.1. The minimum atomic E-state index is -0.563. The van der Waals surface area contributed by atoms with E-state index in [0.29, 0.717) is 27.6 Å². The van der Waals surface area contributed by atoms with Gasteiger partial charge in [-0.25, -0.2) is 9.78 Å². The number of aromatic nitrogens is 1. The summed E-state index contributed by atoms with van der Waals surface area (Å²) in [6.07, 6.45) is 1.78. The van der Waals surface area contributed by atoms with Gasteiger partial charge in [0.1, 0.15) is 11.5 Å². The fourth-order valence-electron chi connectivity index (χ4n) is 2.46. The maximum Gasteiger partial charge on any atom is 0.321 e. The number of anilines is 1. The monoisotopic (exact) mass is 401 g/mol. The van der Waals surface area contributed by atoms with Gasteiger partial charge in [-0.3, -0.25) is 4.90 Å². The molecular weight excluding hydrogens is 382 g/mol. The molecule has 0 fully saturated rings. The molecule has 0 bridgehead atoms. The number of hydrogen-bond donors (Lipinski definition) is 1. The average molecular weight is 402 g/mol. The Morgan fingerprint density at radius 2 is 1.85 bits per heavy atom. The van der Waals surface area contributed by atoms with Gasteiger partial charge in [-0.1, -0.05) is 55.8 Å². The predicted molar refractivity (Wildman–Crippen MR) is 110 cm³/mol. The van der Waals surface area contributed by atoms with Crippen LogP contribution in [0.25, 0.3) is 0 Å². The number of halogens is 1. The van der Waals surface area contributed by atoms with Crippen molar-refractivity contribution in [2.24, 2.45) is 5.73 Å². The van der Waals surface area contributed by atoms with Crippen molar-refractivity contribution in [3.05, 3.63) is 70.2 Å². The Balaban J connectivity index is 1.88. The fourth-order valence-corrected chi connectivity index (χ4v) is 3.56. The normalized spacial score (nSPS) is 10.8. The second-order valence-electron chi connectivity index (χ2n) is 6.26. The SMILES string of the molecule is CC(C)c1cnc(N(Cc2ccccc2Oc2ccccc2Cl)C(N)=O)s1. The van der Waals surface area contributed by atoms with Crippen LogP contribution in [-0.4, -0.2) is 11.0 Å². The van der Waals surface area contributed by atoms with Gasteiger partial charge in [0.05, 0.1) is 11.6 Å². The molecule has 7 heteroatoms. The first-order valence-electron chi connectivity index (χ1n) is 8.48. The second kappa shape index (κ2) is 8.41. The van der Waals surface area contributed by atoms with Crippen molar-refractivity contribution < 1.29 is 9.53 Å². The number of ether oxygens (including phenoxy) is 1. The molecule has 0 aliphatic heterocycles. The molecule has 0 aliphatic rings. The lowest BCUT2D eigenvalue weighted by Gasteiger charge is -2.19. The highest BCUT2D eigenvalue weighted by atomic mass is 35.5. The number of carbonyl (C=O) groups is 1. The lowest BCUT2D eigenvalue weighted by molar-refractivity contribution is 0.253. The van der Waals surface area contributed by atoms with Gasteiger partial charge in [0.2, 0.25) is 0 Å². The van der Waals surface area contributed by atoms with Gasteiger partial charge in [0, 0.05) is 16.6 Å². The van der Waals surface area contributed by atoms with E-state index in [-0.39, 0.29) is 6.54 Å². The third-order valence-electron chi connectivity index (χ3n) is 3.93. The standard InChI is InChI=1S/C20H20ClN3O2S/c1-13(2)18-11-23-20(27-18)24(19(22)25)12-14-7-3-5-9-16(14)26-17-10-6-4-8-15(17)21/h3-11,13H,12H2,1-2H3,(H2,22,25). The number of rotatable bonds is 6. The Labute approximate surface area is 167 Å². The number of nitrogens with two attached hydrogens (primary N) is 1. The fraction of sp³-hybridized carbons (Fsp3) is 0.200. The minimum Gasteiger partial charge on any atom is -0.455 e. The number of nitrogens with zero attached hydrogens (tertiary/aromatic N) is 2. The number of primary amides is 1. The first-order valence-corrected chi connectivity index (χ1v) is 9.68. The third kappa shape index (κ3) is 4.59. The first kappa shape index (κ1) is 19.2. The number of carbonyl (C=O) groups excluding carboxylic acids is 1. The van der Waals surface area contributed by atoms with Crippen molar-refractivity contribution in [3.8, 4) is 11.5 Å². The molecule has 2 N–H and O–H groups in total. The highest BCUT2D eigenvalue weighted by molar-refractivity contribution is 7.15. The zero-order valence-corrected chi connectivity index (χ0v) is 16.6. The molecule has 2 amide bonds. The molecule has 0 radical (unpaired) electrons. The van der Waals surface area contributed by atoms with Crippen molar-refractivity contribution in [1.82, 2.24) is 4.98 Å². The summed E-state index contributed by atoms with van der Waals surface area (Å²) in [5, 5.41) is 1.08. The summed E-state index contributed by atoms with van der Waals surface area (Å²) in [6.45, 7) is 4.41. The van der Waals surface area contributed by atoms with Crippen LogP contribution in [0, 0.1) is 0 Å². The summed E-state index contributed by atoms with van der Waals surface area (Å²) in [4.78, 5) is 19.0. The Bertz CT molecular complexity index is 942. The zero-order valence-electron chi connectivity index (χ0n) is 15.1. The second-order valence-corrected chi connectivity index (χ2v) is 7.71.